The molecule has 0 saturated heterocycles. The molecule has 0 aromatic heterocycles. The Morgan fingerprint density at radius 1 is 1.22 bits per heavy atom. The van der Waals surface area contributed by atoms with Crippen LogP contribution in [-0.4, -0.2) is 30.0 Å². The van der Waals surface area contributed by atoms with Crippen LogP contribution in [0.15, 0.2) is 42.5 Å². The van der Waals surface area contributed by atoms with Crippen molar-refractivity contribution < 1.29 is 28.4 Å². The number of benzene rings is 2. The zero-order chi connectivity index (χ0) is 20.0. The SMILES string of the molecule is COc1ccc([N+](=O)[O-])cc1NC(=O)[C@H](C)OC(=O)Cc1ccc(F)cc1. The van der Waals surface area contributed by atoms with Crippen LogP contribution in [0.5, 0.6) is 5.75 Å². The molecule has 0 aliphatic heterocycles. The van der Waals surface area contributed by atoms with E-state index in [-0.39, 0.29) is 23.5 Å². The number of carbonyl (C=O) groups is 2. The highest BCUT2D eigenvalue weighted by atomic mass is 19.1. The van der Waals surface area contributed by atoms with Crippen LogP contribution in [-0.2, 0) is 20.7 Å². The summed E-state index contributed by atoms with van der Waals surface area (Å²) in [4.78, 5) is 34.4. The number of nitrogens with zero attached hydrogens (tertiary/aromatic N) is 1. The molecule has 0 aliphatic carbocycles. The van der Waals surface area contributed by atoms with Crippen molar-refractivity contribution >= 4 is 23.3 Å². The van der Waals surface area contributed by atoms with Crippen molar-refractivity contribution in [1.29, 1.82) is 0 Å². The van der Waals surface area contributed by atoms with Crippen LogP contribution < -0.4 is 10.1 Å². The van der Waals surface area contributed by atoms with Gasteiger partial charge in [-0.25, -0.2) is 4.39 Å². The summed E-state index contributed by atoms with van der Waals surface area (Å²) >= 11 is 0. The second kappa shape index (κ2) is 8.75. The van der Waals surface area contributed by atoms with E-state index in [1.165, 1.54) is 50.4 Å². The van der Waals surface area contributed by atoms with E-state index < -0.39 is 28.7 Å². The van der Waals surface area contributed by atoms with Gasteiger partial charge in [0.25, 0.3) is 11.6 Å². The van der Waals surface area contributed by atoms with Crippen molar-refractivity contribution in [2.24, 2.45) is 0 Å². The minimum absolute atomic E-state index is 0.0816. The molecule has 1 atom stereocenters. The quantitative estimate of drug-likeness (QED) is 0.452. The molecule has 0 heterocycles. The third kappa shape index (κ3) is 5.50. The van der Waals surface area contributed by atoms with E-state index >= 15 is 0 Å². The van der Waals surface area contributed by atoms with E-state index in [9.17, 15) is 24.1 Å². The van der Waals surface area contributed by atoms with Crippen molar-refractivity contribution in [3.63, 3.8) is 0 Å². The monoisotopic (exact) mass is 376 g/mol. The number of nitro groups is 1. The Balaban J connectivity index is 2.00. The first-order valence-corrected chi connectivity index (χ1v) is 7.87. The van der Waals surface area contributed by atoms with Gasteiger partial charge in [-0.1, -0.05) is 12.1 Å². The predicted molar refractivity (Wildman–Crippen MR) is 93.9 cm³/mol. The van der Waals surface area contributed by atoms with E-state index in [1.54, 1.807) is 0 Å². The number of rotatable bonds is 7. The van der Waals surface area contributed by atoms with Crippen molar-refractivity contribution in [2.45, 2.75) is 19.4 Å². The highest BCUT2D eigenvalue weighted by Crippen LogP contribution is 2.29. The molecule has 2 aromatic carbocycles. The van der Waals surface area contributed by atoms with Crippen LogP contribution in [0.2, 0.25) is 0 Å². The van der Waals surface area contributed by atoms with Gasteiger partial charge in [0.15, 0.2) is 6.10 Å². The second-order valence-electron chi connectivity index (χ2n) is 5.57. The van der Waals surface area contributed by atoms with Gasteiger partial charge in [0.1, 0.15) is 11.6 Å². The van der Waals surface area contributed by atoms with Crippen LogP contribution in [0.4, 0.5) is 15.8 Å². The number of non-ortho nitro benzene ring substituents is 1. The van der Waals surface area contributed by atoms with Crippen LogP contribution in [0.25, 0.3) is 0 Å². The Kier molecular flexibility index (Phi) is 6.42. The summed E-state index contributed by atoms with van der Waals surface area (Å²) in [5, 5.41) is 13.3. The van der Waals surface area contributed by atoms with Crippen molar-refractivity contribution in [2.75, 3.05) is 12.4 Å². The average Bonchev–Trinajstić information content (AvgIpc) is 2.63. The number of methoxy groups -OCH3 is 1. The third-order valence-corrected chi connectivity index (χ3v) is 3.59. The van der Waals surface area contributed by atoms with E-state index in [0.717, 1.165) is 6.07 Å². The normalized spacial score (nSPS) is 11.4. The van der Waals surface area contributed by atoms with Crippen LogP contribution in [0, 0.1) is 15.9 Å². The molecule has 0 saturated carbocycles. The van der Waals surface area contributed by atoms with Crippen molar-refractivity contribution in [3.05, 3.63) is 64.0 Å². The number of hydrogen-bond donors (Lipinski definition) is 1. The number of amides is 1. The summed E-state index contributed by atoms with van der Waals surface area (Å²) in [6.07, 6.45) is -1.28. The molecule has 142 valence electrons. The fourth-order valence-electron chi connectivity index (χ4n) is 2.20. The van der Waals surface area contributed by atoms with Crippen LogP contribution in [0.1, 0.15) is 12.5 Å². The van der Waals surface area contributed by atoms with Gasteiger partial charge >= 0.3 is 5.97 Å². The first-order valence-electron chi connectivity index (χ1n) is 7.87. The number of carbonyl (C=O) groups excluding carboxylic acids is 2. The van der Waals surface area contributed by atoms with Gasteiger partial charge < -0.3 is 14.8 Å². The molecule has 0 unspecified atom stereocenters. The van der Waals surface area contributed by atoms with Gasteiger partial charge in [-0.05, 0) is 30.7 Å². The van der Waals surface area contributed by atoms with E-state index in [2.05, 4.69) is 5.32 Å². The van der Waals surface area contributed by atoms with E-state index in [0.29, 0.717) is 5.56 Å². The molecule has 9 heteroatoms. The number of anilines is 1. The molecule has 0 bridgehead atoms. The van der Waals surface area contributed by atoms with Crippen LogP contribution >= 0.6 is 0 Å². The van der Waals surface area contributed by atoms with Gasteiger partial charge in [-0.3, -0.25) is 19.7 Å². The molecule has 2 rings (SSSR count). The van der Waals surface area contributed by atoms with E-state index in [1.807, 2.05) is 0 Å². The molecular formula is C18H17FN2O6. The highest BCUT2D eigenvalue weighted by Gasteiger charge is 2.21. The van der Waals surface area contributed by atoms with Crippen molar-refractivity contribution in [1.82, 2.24) is 0 Å². The minimum Gasteiger partial charge on any atom is -0.495 e. The lowest BCUT2D eigenvalue weighted by molar-refractivity contribution is -0.384. The van der Waals surface area contributed by atoms with Gasteiger partial charge in [0.05, 0.1) is 24.1 Å². The summed E-state index contributed by atoms with van der Waals surface area (Å²) in [7, 11) is 1.35. The topological polar surface area (TPSA) is 108 Å². The van der Waals surface area contributed by atoms with Gasteiger partial charge in [0, 0.05) is 12.1 Å². The lowest BCUT2D eigenvalue weighted by Gasteiger charge is -2.15. The Bertz CT molecular complexity index is 853. The van der Waals surface area contributed by atoms with Gasteiger partial charge in [-0.15, -0.1) is 0 Å². The summed E-state index contributed by atoms with van der Waals surface area (Å²) in [6.45, 7) is 1.36. The van der Waals surface area contributed by atoms with Crippen molar-refractivity contribution in [3.8, 4) is 5.75 Å². The largest absolute Gasteiger partial charge is 0.495 e. The van der Waals surface area contributed by atoms with E-state index in [4.69, 9.17) is 9.47 Å². The summed E-state index contributed by atoms with van der Waals surface area (Å²) in [6, 6.07) is 9.04. The lowest BCUT2D eigenvalue weighted by atomic mass is 10.1. The first kappa shape index (κ1) is 19.8. The Morgan fingerprint density at radius 3 is 2.48 bits per heavy atom. The smallest absolute Gasteiger partial charge is 0.311 e. The molecule has 0 aliphatic rings. The number of nitro benzene ring substituents is 1. The predicted octanol–water partition coefficient (Wildman–Crippen LogP) is 2.86. The molecule has 27 heavy (non-hydrogen) atoms. The number of halogens is 1. The Hall–Kier alpha value is -3.49. The standard InChI is InChI=1S/C18H17FN2O6/c1-11(27-17(22)9-12-3-5-13(19)6-4-12)18(23)20-15-10-14(21(24)25)7-8-16(15)26-2/h3-8,10-11H,9H2,1-2H3,(H,20,23)/t11-/m0/s1. The maximum atomic E-state index is 12.9. The maximum absolute atomic E-state index is 12.9. The number of hydrogen-bond acceptors (Lipinski definition) is 6. The molecule has 1 N–H and O–H groups in total. The number of nitrogens with one attached hydrogen (secondary N) is 1. The molecule has 1 amide bonds. The fraction of sp³-hybridized carbons (Fsp3) is 0.222. The number of esters is 1. The summed E-state index contributed by atoms with van der Waals surface area (Å²) in [5.41, 5.74) is 0.388. The Morgan fingerprint density at radius 2 is 1.89 bits per heavy atom. The fourth-order valence-corrected chi connectivity index (χ4v) is 2.20. The third-order valence-electron chi connectivity index (χ3n) is 3.59. The minimum atomic E-state index is -1.15. The first-order chi connectivity index (χ1) is 12.8. The molecule has 0 radical (unpaired) electrons. The maximum Gasteiger partial charge on any atom is 0.311 e. The van der Waals surface area contributed by atoms with Crippen LogP contribution in [0.3, 0.4) is 0 Å². The molecule has 0 fully saturated rings. The summed E-state index contributed by atoms with van der Waals surface area (Å²) < 4.78 is 23.0. The second-order valence-corrected chi connectivity index (χ2v) is 5.57. The van der Waals surface area contributed by atoms with Gasteiger partial charge in [-0.2, -0.15) is 0 Å². The average molecular weight is 376 g/mol. The highest BCUT2D eigenvalue weighted by molar-refractivity contribution is 5.96. The zero-order valence-electron chi connectivity index (χ0n) is 14.6. The molecular weight excluding hydrogens is 359 g/mol. The zero-order valence-corrected chi connectivity index (χ0v) is 14.6. The number of ether oxygens (including phenoxy) is 2. The van der Waals surface area contributed by atoms with Gasteiger partial charge in [0.2, 0.25) is 0 Å². The lowest BCUT2D eigenvalue weighted by Crippen LogP contribution is -2.30. The molecule has 2 aromatic rings. The Labute approximate surface area is 154 Å². The molecule has 8 nitrogen and oxygen atoms in total. The summed E-state index contributed by atoms with van der Waals surface area (Å²) in [5.74, 6) is -1.55. The molecule has 0 spiro atoms.